The molecule has 7 rings (SSSR count). The highest BCUT2D eigenvalue weighted by Gasteiger charge is 2.56. The number of rotatable bonds is 8. The van der Waals surface area contributed by atoms with Crippen molar-refractivity contribution < 1.29 is 38.5 Å². The Morgan fingerprint density at radius 1 is 0.784 bits per heavy atom. The fraction of sp³-hybridized carbons (Fsp3) is 0.238. The lowest BCUT2D eigenvalue weighted by Crippen LogP contribution is -2.40. The summed E-state index contributed by atoms with van der Waals surface area (Å²) < 4.78 is 16.1. The molecule has 258 valence electrons. The lowest BCUT2D eigenvalue weighted by molar-refractivity contribution is -0.123. The second-order valence-electron chi connectivity index (χ2n) is 13.1. The third-order valence-corrected chi connectivity index (χ3v) is 10.3. The first-order valence-electron chi connectivity index (χ1n) is 16.8. The number of ether oxygens (including phenoxy) is 3. The number of phenolic OH excluding ortho intramolecular Hbond substituents is 1. The van der Waals surface area contributed by atoms with Gasteiger partial charge in [0.15, 0.2) is 23.1 Å². The summed E-state index contributed by atoms with van der Waals surface area (Å²) in [5, 5.41) is 10.1. The van der Waals surface area contributed by atoms with E-state index in [1.165, 1.54) is 24.2 Å². The third kappa shape index (κ3) is 5.88. The number of hydrogen-bond donors (Lipinski definition) is 1. The number of aromatic hydroxyl groups is 1. The van der Waals surface area contributed by atoms with Gasteiger partial charge in [-0.05, 0) is 85.4 Å². The van der Waals surface area contributed by atoms with Gasteiger partial charge in [-0.1, -0.05) is 54.2 Å². The van der Waals surface area contributed by atoms with E-state index in [1.54, 1.807) is 45.4 Å². The number of imide groups is 1. The summed E-state index contributed by atoms with van der Waals surface area (Å²) in [6.45, 7) is 1.63. The van der Waals surface area contributed by atoms with Crippen molar-refractivity contribution in [1.82, 2.24) is 0 Å². The summed E-state index contributed by atoms with van der Waals surface area (Å²) in [5.74, 6) is -1.56. The van der Waals surface area contributed by atoms with E-state index in [0.29, 0.717) is 46.1 Å². The van der Waals surface area contributed by atoms with E-state index < -0.39 is 23.7 Å². The maximum Gasteiger partial charge on any atom is 0.238 e. The van der Waals surface area contributed by atoms with Gasteiger partial charge in [-0.25, -0.2) is 0 Å². The van der Waals surface area contributed by atoms with Gasteiger partial charge in [0.25, 0.3) is 0 Å². The summed E-state index contributed by atoms with van der Waals surface area (Å²) in [6.07, 6.45) is 11.4. The number of fused-ring (bicyclic) bond motifs is 3. The number of allylic oxidation sites excluding steroid dienone is 7. The smallest absolute Gasteiger partial charge is 0.238 e. The zero-order valence-electron chi connectivity index (χ0n) is 28.7. The molecule has 3 aromatic carbocycles. The molecular weight excluding hydrogens is 646 g/mol. The number of anilines is 1. The van der Waals surface area contributed by atoms with Gasteiger partial charge >= 0.3 is 0 Å². The number of hydrogen-bond acceptors (Lipinski definition) is 8. The zero-order chi connectivity index (χ0) is 36.0. The minimum atomic E-state index is -0.676. The highest BCUT2D eigenvalue weighted by atomic mass is 16.5. The molecule has 0 spiro atoms. The molecule has 3 aliphatic carbocycles. The van der Waals surface area contributed by atoms with Crippen molar-refractivity contribution in [3.05, 3.63) is 118 Å². The van der Waals surface area contributed by atoms with Crippen molar-refractivity contribution in [2.75, 3.05) is 26.2 Å². The predicted molar refractivity (Wildman–Crippen MR) is 193 cm³/mol. The molecule has 0 radical (unpaired) electrons. The number of amides is 2. The van der Waals surface area contributed by atoms with Crippen molar-refractivity contribution in [2.24, 2.45) is 23.7 Å². The number of nitrogens with zero attached hydrogens (tertiary/aromatic N) is 1. The molecule has 4 aliphatic rings. The van der Waals surface area contributed by atoms with Crippen LogP contribution in [0.2, 0.25) is 0 Å². The van der Waals surface area contributed by atoms with Gasteiger partial charge in [-0.3, -0.25) is 24.1 Å². The van der Waals surface area contributed by atoms with Gasteiger partial charge in [0.05, 0.1) is 38.9 Å². The predicted octanol–water partition coefficient (Wildman–Crippen LogP) is 6.77. The molecule has 9 nitrogen and oxygen atoms in total. The Balaban J connectivity index is 1.19. The van der Waals surface area contributed by atoms with E-state index in [4.69, 9.17) is 14.2 Å². The van der Waals surface area contributed by atoms with Gasteiger partial charge in [-0.2, -0.15) is 0 Å². The molecule has 1 saturated heterocycles. The molecule has 1 N–H and O–H groups in total. The summed E-state index contributed by atoms with van der Waals surface area (Å²) in [6, 6.07) is 17.7. The molecule has 51 heavy (non-hydrogen) atoms. The maximum atomic E-state index is 14.3. The Bertz CT molecular complexity index is 2130. The highest BCUT2D eigenvalue weighted by molar-refractivity contribution is 6.24. The SMILES string of the molecule is COc1ccc(OC)c(C=Cc2ccc(N3C(=O)[C@H]4[C@H](CC=C5[C@H](C=Cc6ccc(O)c(OC)c6)C6=C(C[C@H]54)C(=O)C(C)=CC6=O)C3=O)cc2)c1. The largest absolute Gasteiger partial charge is 0.504 e. The van der Waals surface area contributed by atoms with Crippen LogP contribution in [-0.4, -0.2) is 49.8 Å². The molecule has 1 heterocycles. The molecule has 9 heteroatoms. The zero-order valence-corrected chi connectivity index (χ0v) is 28.7. The number of Topliss-reactive ketones (excluding diaryl/α,β-unsaturated/α-hetero) is 1. The first kappa shape index (κ1) is 33.5. The molecule has 3 aromatic rings. The van der Waals surface area contributed by atoms with Crippen molar-refractivity contribution >= 4 is 47.3 Å². The minimum Gasteiger partial charge on any atom is -0.504 e. The minimum absolute atomic E-state index is 0.000963. The van der Waals surface area contributed by atoms with Crippen LogP contribution in [0.4, 0.5) is 5.69 Å². The van der Waals surface area contributed by atoms with Crippen LogP contribution >= 0.6 is 0 Å². The standard InChI is InChI=1S/C42H37NO8/c1-23-19-35(45)38-30(14-8-25-9-17-34(44)37(20-25)51-4)29-15-16-31-39(32(29)22-33(38)40(23)46)42(48)43(41(31)47)27-11-6-24(7-12-27)5-10-26-21-28(49-2)13-18-36(26)50-3/h5-15,17-21,30-32,39,44H,16,22H2,1-4H3/t30-,31-,32+,39-/m0/s1. The summed E-state index contributed by atoms with van der Waals surface area (Å²) in [5.41, 5.74) is 4.95. The van der Waals surface area contributed by atoms with Crippen molar-refractivity contribution in [3.63, 3.8) is 0 Å². The molecule has 1 fully saturated rings. The van der Waals surface area contributed by atoms with Crippen molar-refractivity contribution in [2.45, 2.75) is 19.8 Å². The molecule has 0 aromatic heterocycles. The lowest BCUT2D eigenvalue weighted by Gasteiger charge is -2.41. The number of phenols is 1. The van der Waals surface area contributed by atoms with Crippen LogP contribution in [-0.2, 0) is 19.2 Å². The average Bonchev–Trinajstić information content (AvgIpc) is 3.40. The Morgan fingerprint density at radius 3 is 2.25 bits per heavy atom. The van der Waals surface area contributed by atoms with Crippen molar-refractivity contribution in [1.29, 1.82) is 0 Å². The number of ketones is 2. The normalized spacial score (nSPS) is 22.9. The summed E-state index contributed by atoms with van der Waals surface area (Å²) >= 11 is 0. The van der Waals surface area contributed by atoms with Gasteiger partial charge in [-0.15, -0.1) is 0 Å². The van der Waals surface area contributed by atoms with Crippen LogP contribution in [0, 0.1) is 23.7 Å². The second-order valence-corrected chi connectivity index (χ2v) is 13.1. The maximum absolute atomic E-state index is 14.3. The van der Waals surface area contributed by atoms with Crippen LogP contribution < -0.4 is 19.1 Å². The third-order valence-electron chi connectivity index (χ3n) is 10.3. The quantitative estimate of drug-likeness (QED) is 0.120. The van der Waals surface area contributed by atoms with E-state index in [2.05, 4.69) is 0 Å². The fourth-order valence-corrected chi connectivity index (χ4v) is 7.81. The Kier molecular flexibility index (Phi) is 8.81. The summed E-state index contributed by atoms with van der Waals surface area (Å²) in [7, 11) is 4.67. The molecule has 4 atom stereocenters. The highest BCUT2D eigenvalue weighted by Crippen LogP contribution is 2.53. The number of methoxy groups -OCH3 is 3. The van der Waals surface area contributed by atoms with Gasteiger partial charge in [0.1, 0.15) is 11.5 Å². The first-order chi connectivity index (χ1) is 24.6. The molecule has 2 amide bonds. The average molecular weight is 684 g/mol. The Hall–Kier alpha value is -5.96. The monoisotopic (exact) mass is 683 g/mol. The van der Waals surface area contributed by atoms with Crippen LogP contribution in [0.3, 0.4) is 0 Å². The van der Waals surface area contributed by atoms with E-state index in [-0.39, 0.29) is 35.6 Å². The van der Waals surface area contributed by atoms with Crippen LogP contribution in [0.5, 0.6) is 23.0 Å². The van der Waals surface area contributed by atoms with Gasteiger partial charge in [0.2, 0.25) is 11.8 Å². The second kappa shape index (κ2) is 13.4. The lowest BCUT2D eigenvalue weighted by atomic mass is 9.60. The molecule has 0 bridgehead atoms. The van der Waals surface area contributed by atoms with E-state index in [9.17, 15) is 24.3 Å². The first-order valence-corrected chi connectivity index (χ1v) is 16.8. The van der Waals surface area contributed by atoms with Gasteiger partial charge in [0, 0.05) is 28.2 Å². The Labute approximate surface area is 295 Å². The summed E-state index contributed by atoms with van der Waals surface area (Å²) in [4.78, 5) is 56.5. The fourth-order valence-electron chi connectivity index (χ4n) is 7.81. The molecular formula is C42H37NO8. The molecule has 0 saturated carbocycles. The number of carbonyl (C=O) groups is 4. The van der Waals surface area contributed by atoms with Crippen LogP contribution in [0.15, 0.2) is 101 Å². The van der Waals surface area contributed by atoms with Crippen LogP contribution in [0.25, 0.3) is 18.2 Å². The van der Waals surface area contributed by atoms with Gasteiger partial charge < -0.3 is 19.3 Å². The van der Waals surface area contributed by atoms with E-state index in [0.717, 1.165) is 22.3 Å². The topological polar surface area (TPSA) is 119 Å². The molecule has 0 unspecified atom stereocenters. The van der Waals surface area contributed by atoms with E-state index in [1.807, 2.05) is 60.7 Å². The Morgan fingerprint density at radius 2 is 1.53 bits per heavy atom. The number of benzene rings is 3. The van der Waals surface area contributed by atoms with Crippen molar-refractivity contribution in [3.8, 4) is 23.0 Å². The van der Waals surface area contributed by atoms with Crippen LogP contribution in [0.1, 0.15) is 36.5 Å². The molecule has 1 aliphatic heterocycles. The van der Waals surface area contributed by atoms with E-state index >= 15 is 0 Å². The number of carbonyl (C=O) groups excluding carboxylic acids is 4.